The van der Waals surface area contributed by atoms with E-state index in [2.05, 4.69) is 15.3 Å². The highest BCUT2D eigenvalue weighted by molar-refractivity contribution is 7.80. The van der Waals surface area contributed by atoms with Crippen molar-refractivity contribution >= 4 is 23.2 Å². The van der Waals surface area contributed by atoms with E-state index < -0.39 is 0 Å². The van der Waals surface area contributed by atoms with Crippen LogP contribution in [0.2, 0.25) is 0 Å². The van der Waals surface area contributed by atoms with E-state index in [-0.39, 0.29) is 5.91 Å². The van der Waals surface area contributed by atoms with E-state index in [1.165, 1.54) is 0 Å². The van der Waals surface area contributed by atoms with Crippen LogP contribution in [0.3, 0.4) is 0 Å². The normalized spacial score (nSPS) is 17.4. The van der Waals surface area contributed by atoms with Crippen molar-refractivity contribution in [1.29, 1.82) is 0 Å². The lowest BCUT2D eigenvalue weighted by Gasteiger charge is -2.31. The predicted molar refractivity (Wildman–Crippen MR) is 119 cm³/mol. The molecular weight excluding hydrogens is 400 g/mol. The van der Waals surface area contributed by atoms with Crippen LogP contribution in [0.5, 0.6) is 0 Å². The van der Waals surface area contributed by atoms with E-state index in [9.17, 15) is 4.79 Å². The number of hydrazine groups is 1. The molecule has 0 unspecified atom stereocenters. The molecule has 4 rings (SSSR count). The van der Waals surface area contributed by atoms with Crippen LogP contribution >= 0.6 is 12.2 Å². The molecule has 160 valence electrons. The van der Waals surface area contributed by atoms with Gasteiger partial charge < -0.3 is 10.1 Å². The lowest BCUT2D eigenvalue weighted by Crippen LogP contribution is -2.50. The molecule has 2 aliphatic heterocycles. The molecule has 0 radical (unpaired) electrons. The fraction of sp³-hybridized carbons (Fsp3) is 0.476. The number of hydrogen-bond acceptors (Lipinski definition) is 5. The number of ether oxygens (including phenoxy) is 1. The Hall–Kier alpha value is -2.49. The third-order valence-electron chi connectivity index (χ3n) is 5.55. The minimum Gasteiger partial charge on any atom is -0.379 e. The van der Waals surface area contributed by atoms with Gasteiger partial charge in [-0.25, -0.2) is 9.69 Å². The summed E-state index contributed by atoms with van der Waals surface area (Å²) in [6.45, 7) is 8.45. The van der Waals surface area contributed by atoms with E-state index in [0.29, 0.717) is 17.2 Å². The Labute approximate surface area is 182 Å². The SMILES string of the molecule is Cc1c(C(=O)N2CCCN2C(=S)NCCN2CCOCC2)cnn1-c1ccccc1. The molecule has 3 heterocycles. The first kappa shape index (κ1) is 20.8. The highest BCUT2D eigenvalue weighted by Crippen LogP contribution is 2.19. The molecule has 1 aromatic heterocycles. The van der Waals surface area contributed by atoms with Crippen LogP contribution in [0.1, 0.15) is 22.5 Å². The van der Waals surface area contributed by atoms with Crippen LogP contribution in [0, 0.1) is 6.92 Å². The number of para-hydroxylation sites is 1. The Morgan fingerprint density at radius 2 is 1.87 bits per heavy atom. The highest BCUT2D eigenvalue weighted by Gasteiger charge is 2.31. The van der Waals surface area contributed by atoms with Gasteiger partial charge in [0.15, 0.2) is 5.11 Å². The summed E-state index contributed by atoms with van der Waals surface area (Å²) < 4.78 is 7.18. The number of aromatic nitrogens is 2. The van der Waals surface area contributed by atoms with Gasteiger partial charge in [-0.15, -0.1) is 0 Å². The topological polar surface area (TPSA) is 65.9 Å². The maximum absolute atomic E-state index is 13.3. The Morgan fingerprint density at radius 1 is 1.13 bits per heavy atom. The minimum absolute atomic E-state index is 0.0653. The fourth-order valence-corrected chi connectivity index (χ4v) is 4.15. The van der Waals surface area contributed by atoms with Crippen LogP contribution in [-0.4, -0.2) is 88.2 Å². The molecule has 2 aliphatic rings. The van der Waals surface area contributed by atoms with E-state index in [0.717, 1.165) is 63.7 Å². The lowest BCUT2D eigenvalue weighted by molar-refractivity contribution is 0.0382. The van der Waals surface area contributed by atoms with Gasteiger partial charge >= 0.3 is 0 Å². The van der Waals surface area contributed by atoms with Crippen molar-refractivity contribution in [2.75, 3.05) is 52.5 Å². The summed E-state index contributed by atoms with van der Waals surface area (Å²) in [6.07, 6.45) is 2.54. The molecule has 1 N–H and O–H groups in total. The molecule has 2 saturated heterocycles. The van der Waals surface area contributed by atoms with Crippen LogP contribution in [0.4, 0.5) is 0 Å². The van der Waals surface area contributed by atoms with Gasteiger partial charge in [-0.05, 0) is 37.7 Å². The largest absolute Gasteiger partial charge is 0.379 e. The quantitative estimate of drug-likeness (QED) is 0.723. The summed E-state index contributed by atoms with van der Waals surface area (Å²) in [6, 6.07) is 9.83. The van der Waals surface area contributed by atoms with Crippen LogP contribution < -0.4 is 5.32 Å². The molecule has 0 spiro atoms. The van der Waals surface area contributed by atoms with Gasteiger partial charge in [0.2, 0.25) is 0 Å². The zero-order chi connectivity index (χ0) is 20.9. The summed E-state index contributed by atoms with van der Waals surface area (Å²) in [5.74, 6) is -0.0653. The number of morpholine rings is 1. The van der Waals surface area contributed by atoms with Crippen molar-refractivity contribution in [3.63, 3.8) is 0 Å². The van der Waals surface area contributed by atoms with Gasteiger partial charge in [0.25, 0.3) is 5.91 Å². The van der Waals surface area contributed by atoms with Gasteiger partial charge in [0, 0.05) is 39.3 Å². The molecule has 8 nitrogen and oxygen atoms in total. The van der Waals surface area contributed by atoms with Crippen molar-refractivity contribution < 1.29 is 9.53 Å². The van der Waals surface area contributed by atoms with E-state index in [1.807, 2.05) is 42.3 Å². The maximum atomic E-state index is 13.3. The average molecular weight is 429 g/mol. The van der Waals surface area contributed by atoms with Crippen molar-refractivity contribution in [1.82, 2.24) is 30.0 Å². The summed E-state index contributed by atoms with van der Waals surface area (Å²) >= 11 is 5.60. The second-order valence-corrected chi connectivity index (χ2v) is 7.87. The number of benzene rings is 1. The summed E-state index contributed by atoms with van der Waals surface area (Å²) in [5, 5.41) is 12.0. The highest BCUT2D eigenvalue weighted by atomic mass is 32.1. The van der Waals surface area contributed by atoms with E-state index in [1.54, 1.807) is 15.9 Å². The Kier molecular flexibility index (Phi) is 6.61. The predicted octanol–water partition coefficient (Wildman–Crippen LogP) is 1.45. The number of carbonyl (C=O) groups excluding carboxylic acids is 1. The molecule has 0 aliphatic carbocycles. The van der Waals surface area contributed by atoms with E-state index >= 15 is 0 Å². The minimum atomic E-state index is -0.0653. The fourth-order valence-electron chi connectivity index (χ4n) is 3.86. The number of thiocarbonyl (C=S) groups is 1. The van der Waals surface area contributed by atoms with E-state index in [4.69, 9.17) is 17.0 Å². The summed E-state index contributed by atoms with van der Waals surface area (Å²) in [5.41, 5.74) is 2.36. The molecule has 1 aromatic carbocycles. The Balaban J connectivity index is 1.39. The maximum Gasteiger partial charge on any atom is 0.275 e. The van der Waals surface area contributed by atoms with Gasteiger partial charge in [-0.2, -0.15) is 5.10 Å². The van der Waals surface area contributed by atoms with Gasteiger partial charge in [0.05, 0.1) is 36.4 Å². The first-order valence-corrected chi connectivity index (χ1v) is 10.8. The number of carbonyl (C=O) groups is 1. The molecule has 1 amide bonds. The van der Waals surface area contributed by atoms with Crippen LogP contribution in [0.15, 0.2) is 36.5 Å². The standard InChI is InChI=1S/C21H28N6O2S/c1-17-19(16-23-27(17)18-6-3-2-4-7-18)20(28)25-9-5-10-26(25)21(30)22-8-11-24-12-14-29-15-13-24/h2-4,6-7,16H,5,8-15H2,1H3,(H,22,30). The molecule has 9 heteroatoms. The number of nitrogens with one attached hydrogen (secondary N) is 1. The molecule has 2 fully saturated rings. The second kappa shape index (κ2) is 9.55. The second-order valence-electron chi connectivity index (χ2n) is 7.48. The summed E-state index contributed by atoms with van der Waals surface area (Å²) in [7, 11) is 0. The van der Waals surface area contributed by atoms with Crippen molar-refractivity contribution in [3.8, 4) is 5.69 Å². The smallest absolute Gasteiger partial charge is 0.275 e. The monoisotopic (exact) mass is 428 g/mol. The molecular formula is C21H28N6O2S. The molecule has 0 saturated carbocycles. The third-order valence-corrected chi connectivity index (χ3v) is 5.90. The summed E-state index contributed by atoms with van der Waals surface area (Å²) in [4.78, 5) is 15.6. The number of nitrogens with zero attached hydrogens (tertiary/aromatic N) is 5. The first-order valence-electron chi connectivity index (χ1n) is 10.4. The molecule has 0 bridgehead atoms. The van der Waals surface area contributed by atoms with Crippen LogP contribution in [0.25, 0.3) is 5.69 Å². The number of hydrogen-bond donors (Lipinski definition) is 1. The molecule has 30 heavy (non-hydrogen) atoms. The Bertz CT molecular complexity index is 881. The number of rotatable bonds is 5. The van der Waals surface area contributed by atoms with Gasteiger partial charge in [-0.3, -0.25) is 14.7 Å². The van der Waals surface area contributed by atoms with Gasteiger partial charge in [-0.1, -0.05) is 18.2 Å². The lowest BCUT2D eigenvalue weighted by atomic mass is 10.2. The van der Waals surface area contributed by atoms with Crippen LogP contribution in [-0.2, 0) is 4.74 Å². The van der Waals surface area contributed by atoms with Crippen molar-refractivity contribution in [2.45, 2.75) is 13.3 Å². The molecule has 2 aromatic rings. The average Bonchev–Trinajstić information content (AvgIpc) is 3.42. The zero-order valence-corrected chi connectivity index (χ0v) is 18.1. The molecule has 0 atom stereocenters. The van der Waals surface area contributed by atoms with Crippen molar-refractivity contribution in [2.24, 2.45) is 0 Å². The first-order chi connectivity index (χ1) is 14.6. The number of amides is 1. The third kappa shape index (κ3) is 4.48. The van der Waals surface area contributed by atoms with Gasteiger partial charge in [0.1, 0.15) is 0 Å². The Morgan fingerprint density at radius 3 is 2.63 bits per heavy atom. The van der Waals surface area contributed by atoms with Crippen molar-refractivity contribution in [3.05, 3.63) is 47.8 Å². The zero-order valence-electron chi connectivity index (χ0n) is 17.3.